The van der Waals surface area contributed by atoms with Gasteiger partial charge in [0.25, 0.3) is 0 Å². The largest absolute Gasteiger partial charge is 0.339 e. The van der Waals surface area contributed by atoms with Gasteiger partial charge in [-0.15, -0.1) is 0 Å². The van der Waals surface area contributed by atoms with Crippen molar-refractivity contribution in [2.45, 2.75) is 33.4 Å². The highest BCUT2D eigenvalue weighted by Gasteiger charge is 2.23. The van der Waals surface area contributed by atoms with Gasteiger partial charge in [0.1, 0.15) is 0 Å². The van der Waals surface area contributed by atoms with Crippen molar-refractivity contribution in [2.75, 3.05) is 39.3 Å². The molecule has 118 valence electrons. The molecule has 0 bridgehead atoms. The molecule has 0 aromatic carbocycles. The predicted octanol–water partition coefficient (Wildman–Crippen LogP) is 0.334. The standard InChI is InChI=1S/C15H27N5O/c1-4-18-7-9-19(10-8-18)15(21)14(3)16-5-6-20-12-13(2)11-17-20/h11-12,14,16H,4-10H2,1-3H3/t14-/m1/s1. The van der Waals surface area contributed by atoms with Gasteiger partial charge in [0, 0.05) is 38.9 Å². The first-order valence-corrected chi connectivity index (χ1v) is 7.83. The van der Waals surface area contributed by atoms with E-state index in [0.29, 0.717) is 0 Å². The number of carbonyl (C=O) groups excluding carboxylic acids is 1. The van der Waals surface area contributed by atoms with Crippen LogP contribution in [0.4, 0.5) is 0 Å². The number of aryl methyl sites for hydroxylation is 1. The number of piperazine rings is 1. The molecule has 6 nitrogen and oxygen atoms in total. The average molecular weight is 293 g/mol. The van der Waals surface area contributed by atoms with Crippen LogP contribution in [0.3, 0.4) is 0 Å². The third-order valence-corrected chi connectivity index (χ3v) is 4.06. The number of likely N-dealkylation sites (N-methyl/N-ethyl adjacent to an activating group) is 1. The van der Waals surface area contributed by atoms with E-state index in [0.717, 1.165) is 51.4 Å². The Hall–Kier alpha value is -1.40. The molecule has 1 aliphatic heterocycles. The second kappa shape index (κ2) is 7.56. The Bertz CT molecular complexity index is 451. The van der Waals surface area contributed by atoms with Gasteiger partial charge in [0.05, 0.1) is 18.8 Å². The van der Waals surface area contributed by atoms with E-state index in [1.54, 1.807) is 0 Å². The maximum atomic E-state index is 12.4. The fraction of sp³-hybridized carbons (Fsp3) is 0.733. The van der Waals surface area contributed by atoms with E-state index in [2.05, 4.69) is 22.2 Å². The highest BCUT2D eigenvalue weighted by atomic mass is 16.2. The van der Waals surface area contributed by atoms with Gasteiger partial charge in [0.15, 0.2) is 0 Å². The van der Waals surface area contributed by atoms with E-state index in [9.17, 15) is 4.79 Å². The monoisotopic (exact) mass is 293 g/mol. The quantitative estimate of drug-likeness (QED) is 0.821. The SMILES string of the molecule is CCN1CCN(C(=O)[C@@H](C)NCCn2cc(C)cn2)CC1. The van der Waals surface area contributed by atoms with Gasteiger partial charge in [-0.25, -0.2) is 0 Å². The zero-order valence-corrected chi connectivity index (χ0v) is 13.4. The summed E-state index contributed by atoms with van der Waals surface area (Å²) in [6.45, 7) is 12.4. The van der Waals surface area contributed by atoms with E-state index in [-0.39, 0.29) is 11.9 Å². The summed E-state index contributed by atoms with van der Waals surface area (Å²) in [7, 11) is 0. The van der Waals surface area contributed by atoms with Crippen molar-refractivity contribution < 1.29 is 4.79 Å². The third kappa shape index (κ3) is 4.54. The van der Waals surface area contributed by atoms with Gasteiger partial charge in [-0.3, -0.25) is 9.48 Å². The van der Waals surface area contributed by atoms with Crippen molar-refractivity contribution in [3.8, 4) is 0 Å². The molecule has 1 amide bonds. The Morgan fingerprint density at radius 2 is 2.10 bits per heavy atom. The smallest absolute Gasteiger partial charge is 0.239 e. The van der Waals surface area contributed by atoms with Gasteiger partial charge in [-0.2, -0.15) is 5.10 Å². The van der Waals surface area contributed by atoms with Crippen LogP contribution in [0.25, 0.3) is 0 Å². The van der Waals surface area contributed by atoms with E-state index in [1.165, 1.54) is 0 Å². The zero-order chi connectivity index (χ0) is 15.2. The molecule has 21 heavy (non-hydrogen) atoms. The van der Waals surface area contributed by atoms with Crippen LogP contribution < -0.4 is 5.32 Å². The van der Waals surface area contributed by atoms with E-state index >= 15 is 0 Å². The molecule has 1 N–H and O–H groups in total. The van der Waals surface area contributed by atoms with Crippen molar-refractivity contribution in [1.29, 1.82) is 0 Å². The summed E-state index contributed by atoms with van der Waals surface area (Å²) in [5, 5.41) is 7.54. The Kier molecular flexibility index (Phi) is 5.76. The Morgan fingerprint density at radius 1 is 1.38 bits per heavy atom. The molecular weight excluding hydrogens is 266 g/mol. The molecule has 0 saturated carbocycles. The molecule has 1 aromatic heterocycles. The number of carbonyl (C=O) groups is 1. The van der Waals surface area contributed by atoms with Crippen LogP contribution in [-0.4, -0.2) is 70.8 Å². The highest BCUT2D eigenvalue weighted by Crippen LogP contribution is 2.03. The molecule has 1 fully saturated rings. The molecule has 2 rings (SSSR count). The summed E-state index contributed by atoms with van der Waals surface area (Å²) in [4.78, 5) is 16.7. The second-order valence-electron chi connectivity index (χ2n) is 5.72. The minimum atomic E-state index is -0.130. The second-order valence-corrected chi connectivity index (χ2v) is 5.72. The van der Waals surface area contributed by atoms with Crippen LogP contribution in [0, 0.1) is 6.92 Å². The molecular formula is C15H27N5O. The lowest BCUT2D eigenvalue weighted by molar-refractivity contribution is -0.134. The molecule has 1 saturated heterocycles. The first kappa shape index (κ1) is 16.0. The number of amides is 1. The molecule has 6 heteroatoms. The Morgan fingerprint density at radius 3 is 2.67 bits per heavy atom. The summed E-state index contributed by atoms with van der Waals surface area (Å²) in [6.07, 6.45) is 3.86. The van der Waals surface area contributed by atoms with Crippen LogP contribution in [0.15, 0.2) is 12.4 Å². The van der Waals surface area contributed by atoms with Crippen molar-refractivity contribution in [3.63, 3.8) is 0 Å². The number of rotatable bonds is 6. The summed E-state index contributed by atoms with van der Waals surface area (Å²) in [5.41, 5.74) is 1.16. The predicted molar refractivity (Wildman–Crippen MR) is 83.1 cm³/mol. The molecule has 1 atom stereocenters. The summed E-state index contributed by atoms with van der Waals surface area (Å²) < 4.78 is 1.90. The van der Waals surface area contributed by atoms with Gasteiger partial charge in [-0.05, 0) is 26.0 Å². The molecule has 0 unspecified atom stereocenters. The van der Waals surface area contributed by atoms with Crippen molar-refractivity contribution in [3.05, 3.63) is 18.0 Å². The lowest BCUT2D eigenvalue weighted by Crippen LogP contribution is -2.53. The van der Waals surface area contributed by atoms with Crippen LogP contribution >= 0.6 is 0 Å². The average Bonchev–Trinajstić information content (AvgIpc) is 2.92. The fourth-order valence-corrected chi connectivity index (χ4v) is 2.63. The van der Waals surface area contributed by atoms with Crippen LogP contribution in [0.1, 0.15) is 19.4 Å². The zero-order valence-electron chi connectivity index (χ0n) is 13.4. The van der Waals surface area contributed by atoms with E-state index in [1.807, 2.05) is 35.8 Å². The first-order valence-electron chi connectivity index (χ1n) is 7.83. The van der Waals surface area contributed by atoms with Crippen LogP contribution in [0.5, 0.6) is 0 Å². The molecule has 0 aliphatic carbocycles. The minimum absolute atomic E-state index is 0.130. The van der Waals surface area contributed by atoms with Gasteiger partial charge in [-0.1, -0.05) is 6.92 Å². The maximum absolute atomic E-state index is 12.4. The minimum Gasteiger partial charge on any atom is -0.339 e. The Labute approximate surface area is 127 Å². The lowest BCUT2D eigenvalue weighted by Gasteiger charge is -2.35. The Balaban J connectivity index is 1.70. The van der Waals surface area contributed by atoms with Crippen LogP contribution in [-0.2, 0) is 11.3 Å². The van der Waals surface area contributed by atoms with Crippen LogP contribution in [0.2, 0.25) is 0 Å². The summed E-state index contributed by atoms with van der Waals surface area (Å²) >= 11 is 0. The summed E-state index contributed by atoms with van der Waals surface area (Å²) in [6, 6.07) is -0.130. The van der Waals surface area contributed by atoms with Crippen molar-refractivity contribution in [2.24, 2.45) is 0 Å². The van der Waals surface area contributed by atoms with Crippen molar-refractivity contribution >= 4 is 5.91 Å². The molecule has 1 aromatic rings. The van der Waals surface area contributed by atoms with Gasteiger partial charge >= 0.3 is 0 Å². The van der Waals surface area contributed by atoms with E-state index < -0.39 is 0 Å². The fourth-order valence-electron chi connectivity index (χ4n) is 2.63. The maximum Gasteiger partial charge on any atom is 0.239 e. The topological polar surface area (TPSA) is 53.4 Å². The van der Waals surface area contributed by atoms with Crippen molar-refractivity contribution in [1.82, 2.24) is 24.9 Å². The van der Waals surface area contributed by atoms with Gasteiger partial charge < -0.3 is 15.1 Å². The molecule has 0 radical (unpaired) electrons. The number of aromatic nitrogens is 2. The molecule has 2 heterocycles. The number of nitrogens with zero attached hydrogens (tertiary/aromatic N) is 4. The van der Waals surface area contributed by atoms with E-state index in [4.69, 9.17) is 0 Å². The first-order chi connectivity index (χ1) is 10.1. The number of hydrogen-bond acceptors (Lipinski definition) is 4. The summed E-state index contributed by atoms with van der Waals surface area (Å²) in [5.74, 6) is 0.211. The van der Waals surface area contributed by atoms with Gasteiger partial charge in [0.2, 0.25) is 5.91 Å². The number of hydrogen-bond donors (Lipinski definition) is 1. The lowest BCUT2D eigenvalue weighted by atomic mass is 10.2. The normalized spacial score (nSPS) is 18.0. The molecule has 1 aliphatic rings. The third-order valence-electron chi connectivity index (χ3n) is 4.06. The highest BCUT2D eigenvalue weighted by molar-refractivity contribution is 5.81. The number of nitrogens with one attached hydrogen (secondary N) is 1. The molecule has 0 spiro atoms.